The summed E-state index contributed by atoms with van der Waals surface area (Å²) in [7, 11) is 0. The maximum Gasteiger partial charge on any atom is 0.286 e. The van der Waals surface area contributed by atoms with Gasteiger partial charge in [0, 0.05) is 11.8 Å². The molecule has 1 heterocycles. The monoisotopic (exact) mass is 229 g/mol. The molecular weight excluding hydrogens is 218 g/mol. The standard InChI is InChI=1S/C12H11N3O2/c16-11(9-5-2-1-3-6-9)14-15-12(17)10-7-4-8-13-10/h1-8,13H,(H,14,16)(H,15,17). The minimum Gasteiger partial charge on any atom is -0.357 e. The lowest BCUT2D eigenvalue weighted by Gasteiger charge is -2.05. The van der Waals surface area contributed by atoms with Gasteiger partial charge in [0.1, 0.15) is 5.69 Å². The van der Waals surface area contributed by atoms with Crippen LogP contribution in [0.3, 0.4) is 0 Å². The summed E-state index contributed by atoms with van der Waals surface area (Å²) in [4.78, 5) is 25.8. The topological polar surface area (TPSA) is 74.0 Å². The molecule has 0 radical (unpaired) electrons. The minimum absolute atomic E-state index is 0.356. The summed E-state index contributed by atoms with van der Waals surface area (Å²) in [6.45, 7) is 0. The van der Waals surface area contributed by atoms with Crippen molar-refractivity contribution in [3.63, 3.8) is 0 Å². The number of H-pyrrole nitrogens is 1. The number of nitrogens with one attached hydrogen (secondary N) is 3. The molecule has 2 amide bonds. The van der Waals surface area contributed by atoms with Crippen LogP contribution in [-0.4, -0.2) is 16.8 Å². The average Bonchev–Trinajstić information content (AvgIpc) is 2.90. The number of hydrogen-bond donors (Lipinski definition) is 3. The Morgan fingerprint density at radius 3 is 2.24 bits per heavy atom. The van der Waals surface area contributed by atoms with Crippen LogP contribution >= 0.6 is 0 Å². The van der Waals surface area contributed by atoms with Gasteiger partial charge in [-0.05, 0) is 24.3 Å². The van der Waals surface area contributed by atoms with Gasteiger partial charge >= 0.3 is 0 Å². The van der Waals surface area contributed by atoms with E-state index in [1.807, 2.05) is 6.07 Å². The van der Waals surface area contributed by atoms with E-state index in [0.29, 0.717) is 11.3 Å². The van der Waals surface area contributed by atoms with E-state index >= 15 is 0 Å². The quantitative estimate of drug-likeness (QED) is 0.674. The molecule has 0 aliphatic rings. The average molecular weight is 229 g/mol. The van der Waals surface area contributed by atoms with E-state index in [-0.39, 0.29) is 11.8 Å². The second-order valence-corrected chi connectivity index (χ2v) is 3.36. The van der Waals surface area contributed by atoms with E-state index in [2.05, 4.69) is 15.8 Å². The molecular formula is C12H11N3O2. The fraction of sp³-hybridized carbons (Fsp3) is 0. The van der Waals surface area contributed by atoms with Crippen molar-refractivity contribution in [2.75, 3.05) is 0 Å². The van der Waals surface area contributed by atoms with Crippen molar-refractivity contribution in [3.8, 4) is 0 Å². The molecule has 5 heteroatoms. The van der Waals surface area contributed by atoms with E-state index in [4.69, 9.17) is 0 Å². The van der Waals surface area contributed by atoms with Gasteiger partial charge in [-0.2, -0.15) is 0 Å². The highest BCUT2D eigenvalue weighted by Crippen LogP contribution is 1.97. The minimum atomic E-state index is -0.390. The van der Waals surface area contributed by atoms with Crippen LogP contribution in [0.5, 0.6) is 0 Å². The van der Waals surface area contributed by atoms with E-state index in [0.717, 1.165) is 0 Å². The van der Waals surface area contributed by atoms with Crippen molar-refractivity contribution in [2.24, 2.45) is 0 Å². The van der Waals surface area contributed by atoms with Crippen LogP contribution < -0.4 is 10.9 Å². The largest absolute Gasteiger partial charge is 0.357 e. The van der Waals surface area contributed by atoms with Gasteiger partial charge < -0.3 is 4.98 Å². The molecule has 0 spiro atoms. The number of rotatable bonds is 2. The lowest BCUT2D eigenvalue weighted by Crippen LogP contribution is -2.41. The first kappa shape index (κ1) is 10.9. The van der Waals surface area contributed by atoms with Crippen LogP contribution in [0.1, 0.15) is 20.8 Å². The summed E-state index contributed by atoms with van der Waals surface area (Å²) in [5.41, 5.74) is 5.51. The fourth-order valence-electron chi connectivity index (χ4n) is 1.31. The third-order valence-electron chi connectivity index (χ3n) is 2.17. The number of hydrazine groups is 1. The molecule has 0 atom stereocenters. The third kappa shape index (κ3) is 2.72. The Labute approximate surface area is 97.8 Å². The number of carbonyl (C=O) groups excluding carboxylic acids is 2. The number of hydrogen-bond acceptors (Lipinski definition) is 2. The predicted molar refractivity (Wildman–Crippen MR) is 62.2 cm³/mol. The van der Waals surface area contributed by atoms with E-state index in [9.17, 15) is 9.59 Å². The molecule has 86 valence electrons. The summed E-state index contributed by atoms with van der Waals surface area (Å²) < 4.78 is 0. The number of amides is 2. The molecule has 0 saturated heterocycles. The van der Waals surface area contributed by atoms with Gasteiger partial charge in [-0.15, -0.1) is 0 Å². The molecule has 0 unspecified atom stereocenters. The first-order valence-corrected chi connectivity index (χ1v) is 5.06. The normalized spacial score (nSPS) is 9.65. The van der Waals surface area contributed by atoms with Crippen LogP contribution in [0.15, 0.2) is 48.7 Å². The third-order valence-corrected chi connectivity index (χ3v) is 2.17. The number of carbonyl (C=O) groups is 2. The van der Waals surface area contributed by atoms with Crippen LogP contribution in [-0.2, 0) is 0 Å². The molecule has 0 aliphatic heterocycles. The highest BCUT2D eigenvalue weighted by Gasteiger charge is 2.08. The van der Waals surface area contributed by atoms with E-state index < -0.39 is 0 Å². The van der Waals surface area contributed by atoms with E-state index in [1.165, 1.54) is 0 Å². The van der Waals surface area contributed by atoms with Crippen LogP contribution in [0, 0.1) is 0 Å². The van der Waals surface area contributed by atoms with Gasteiger partial charge in [0.25, 0.3) is 11.8 Å². The summed E-state index contributed by atoms with van der Waals surface area (Å²) in [5, 5.41) is 0. The fourth-order valence-corrected chi connectivity index (χ4v) is 1.31. The van der Waals surface area contributed by atoms with Gasteiger partial charge in [0.15, 0.2) is 0 Å². The summed E-state index contributed by atoms with van der Waals surface area (Å²) in [6.07, 6.45) is 1.63. The Balaban J connectivity index is 1.91. The molecule has 2 rings (SSSR count). The van der Waals surface area contributed by atoms with Crippen LogP contribution in [0.25, 0.3) is 0 Å². The van der Waals surface area contributed by atoms with Gasteiger partial charge in [-0.1, -0.05) is 18.2 Å². The first-order valence-electron chi connectivity index (χ1n) is 5.06. The van der Waals surface area contributed by atoms with Crippen molar-refractivity contribution >= 4 is 11.8 Å². The summed E-state index contributed by atoms with van der Waals surface area (Å²) in [5.74, 6) is -0.746. The molecule has 1 aromatic heterocycles. The Morgan fingerprint density at radius 1 is 0.882 bits per heavy atom. The van der Waals surface area contributed by atoms with E-state index in [1.54, 1.807) is 42.6 Å². The van der Waals surface area contributed by atoms with Gasteiger partial charge in [0.2, 0.25) is 0 Å². The Bertz CT molecular complexity index is 506. The molecule has 0 saturated carbocycles. The van der Waals surface area contributed by atoms with Crippen molar-refractivity contribution in [2.45, 2.75) is 0 Å². The molecule has 17 heavy (non-hydrogen) atoms. The van der Waals surface area contributed by atoms with Crippen LogP contribution in [0.4, 0.5) is 0 Å². The zero-order valence-electron chi connectivity index (χ0n) is 8.94. The first-order chi connectivity index (χ1) is 8.27. The van der Waals surface area contributed by atoms with Crippen molar-refractivity contribution in [3.05, 3.63) is 59.9 Å². The van der Waals surface area contributed by atoms with Crippen molar-refractivity contribution in [1.29, 1.82) is 0 Å². The molecule has 3 N–H and O–H groups in total. The van der Waals surface area contributed by atoms with Gasteiger partial charge in [0.05, 0.1) is 0 Å². The van der Waals surface area contributed by atoms with Crippen molar-refractivity contribution < 1.29 is 9.59 Å². The Kier molecular flexibility index (Phi) is 3.20. The zero-order valence-corrected chi connectivity index (χ0v) is 8.94. The number of aromatic nitrogens is 1. The van der Waals surface area contributed by atoms with Gasteiger partial charge in [-0.25, -0.2) is 0 Å². The number of aromatic amines is 1. The highest BCUT2D eigenvalue weighted by molar-refractivity contribution is 5.98. The maximum atomic E-state index is 11.6. The zero-order chi connectivity index (χ0) is 12.1. The molecule has 0 fully saturated rings. The molecule has 0 bridgehead atoms. The molecule has 2 aromatic rings. The smallest absolute Gasteiger partial charge is 0.286 e. The van der Waals surface area contributed by atoms with Crippen LogP contribution in [0.2, 0.25) is 0 Å². The second kappa shape index (κ2) is 4.98. The predicted octanol–water partition coefficient (Wildman–Crippen LogP) is 1.09. The highest BCUT2D eigenvalue weighted by atomic mass is 16.2. The maximum absolute atomic E-state index is 11.6. The molecule has 5 nitrogen and oxygen atoms in total. The lowest BCUT2D eigenvalue weighted by atomic mass is 10.2. The Morgan fingerprint density at radius 2 is 1.59 bits per heavy atom. The van der Waals surface area contributed by atoms with Crippen molar-refractivity contribution in [1.82, 2.24) is 15.8 Å². The molecule has 0 aliphatic carbocycles. The SMILES string of the molecule is O=C(NNC(=O)c1ccc[nH]1)c1ccccc1. The van der Waals surface area contributed by atoms with Gasteiger partial charge in [-0.3, -0.25) is 20.4 Å². The molecule has 1 aromatic carbocycles. The Hall–Kier alpha value is -2.56. The number of benzene rings is 1. The summed E-state index contributed by atoms with van der Waals surface area (Å²) in [6, 6.07) is 12.0. The second-order valence-electron chi connectivity index (χ2n) is 3.36. The summed E-state index contributed by atoms with van der Waals surface area (Å²) >= 11 is 0. The lowest BCUT2D eigenvalue weighted by molar-refractivity contribution is 0.0844.